The maximum Gasteiger partial charge on any atom is 0.220 e. The van der Waals surface area contributed by atoms with Crippen LogP contribution in [0.15, 0.2) is 0 Å². The van der Waals surface area contributed by atoms with Gasteiger partial charge in [-0.15, -0.1) is 0 Å². The van der Waals surface area contributed by atoms with Crippen LogP contribution in [-0.2, 0) is 9.59 Å². The van der Waals surface area contributed by atoms with Gasteiger partial charge in [0.1, 0.15) is 0 Å². The molecular weight excluding hydrogens is 252 g/mol. The molecule has 0 spiro atoms. The smallest absolute Gasteiger partial charge is 0.220 e. The van der Waals surface area contributed by atoms with Gasteiger partial charge in [0.05, 0.1) is 0 Å². The number of unbranched alkanes of at least 4 members (excludes halogenated alkanes) is 4. The van der Waals surface area contributed by atoms with E-state index in [4.69, 9.17) is 0 Å². The molecule has 0 unspecified atom stereocenters. The number of amides is 2. The quantitative estimate of drug-likeness (QED) is 0.541. The van der Waals surface area contributed by atoms with E-state index >= 15 is 0 Å². The Kier molecular flexibility index (Phi) is 12.3. The van der Waals surface area contributed by atoms with Crippen molar-refractivity contribution in [3.05, 3.63) is 0 Å². The molecule has 4 nitrogen and oxygen atoms in total. The zero-order chi connectivity index (χ0) is 15.2. The molecule has 0 saturated carbocycles. The number of hydrogen-bond donors (Lipinski definition) is 2. The largest absolute Gasteiger partial charge is 0.356 e. The fourth-order valence-corrected chi connectivity index (χ4v) is 1.86. The molecule has 0 aliphatic carbocycles. The van der Waals surface area contributed by atoms with Crippen LogP contribution in [0.2, 0.25) is 0 Å². The average molecular weight is 284 g/mol. The first kappa shape index (κ1) is 18.9. The van der Waals surface area contributed by atoms with Gasteiger partial charge in [-0.25, -0.2) is 0 Å². The first-order valence-electron chi connectivity index (χ1n) is 8.09. The lowest BCUT2D eigenvalue weighted by atomic mass is 10.1. The highest BCUT2D eigenvalue weighted by molar-refractivity contribution is 5.83. The lowest BCUT2D eigenvalue weighted by Gasteiger charge is -2.07. The van der Waals surface area contributed by atoms with Crippen molar-refractivity contribution in [3.63, 3.8) is 0 Å². The summed E-state index contributed by atoms with van der Waals surface area (Å²) in [5.74, 6) is 0.551. The molecule has 2 N–H and O–H groups in total. The number of nitrogens with one attached hydrogen (secondary N) is 2. The third-order valence-electron chi connectivity index (χ3n) is 3.23. The topological polar surface area (TPSA) is 58.2 Å². The van der Waals surface area contributed by atoms with Crippen LogP contribution in [0.25, 0.3) is 0 Å². The second kappa shape index (κ2) is 12.9. The molecule has 0 aromatic rings. The average Bonchev–Trinajstić information content (AvgIpc) is 2.40. The van der Waals surface area contributed by atoms with Gasteiger partial charge in [0.15, 0.2) is 0 Å². The minimum atomic E-state index is -0.0243. The van der Waals surface area contributed by atoms with Gasteiger partial charge in [0.2, 0.25) is 11.8 Å². The van der Waals surface area contributed by atoms with Crippen LogP contribution in [0.5, 0.6) is 0 Å². The second-order valence-corrected chi connectivity index (χ2v) is 5.80. The Morgan fingerprint density at radius 1 is 0.850 bits per heavy atom. The van der Waals surface area contributed by atoms with E-state index < -0.39 is 0 Å². The van der Waals surface area contributed by atoms with E-state index in [9.17, 15) is 9.59 Å². The van der Waals surface area contributed by atoms with E-state index in [1.54, 1.807) is 0 Å². The summed E-state index contributed by atoms with van der Waals surface area (Å²) in [7, 11) is 0. The second-order valence-electron chi connectivity index (χ2n) is 5.80. The minimum Gasteiger partial charge on any atom is -0.356 e. The molecule has 0 bridgehead atoms. The van der Waals surface area contributed by atoms with Crippen molar-refractivity contribution < 1.29 is 9.59 Å². The molecule has 0 fully saturated rings. The number of carbonyl (C=O) groups is 2. The van der Waals surface area contributed by atoms with Crippen LogP contribution in [0, 0.1) is 5.92 Å². The Bertz CT molecular complexity index is 265. The Hall–Kier alpha value is -1.06. The summed E-state index contributed by atoms with van der Waals surface area (Å²) in [6.45, 7) is 7.88. The van der Waals surface area contributed by atoms with Crippen molar-refractivity contribution in [2.75, 3.05) is 13.1 Å². The molecule has 0 aliphatic rings. The Morgan fingerprint density at radius 3 is 1.95 bits per heavy atom. The first-order chi connectivity index (χ1) is 9.56. The van der Waals surface area contributed by atoms with E-state index in [1.165, 1.54) is 25.7 Å². The lowest BCUT2D eigenvalue weighted by molar-refractivity contribution is -0.126. The first-order valence-corrected chi connectivity index (χ1v) is 8.09. The van der Waals surface area contributed by atoms with E-state index in [0.29, 0.717) is 25.3 Å². The van der Waals surface area contributed by atoms with Crippen LogP contribution in [0.1, 0.15) is 72.1 Å². The zero-order valence-corrected chi connectivity index (χ0v) is 13.5. The standard InChI is InChI=1S/C16H32N2O2/c1-4-5-6-7-8-12-17-15(19)9-10-16(20)18-13-11-14(2)3/h14H,4-13H2,1-3H3,(H,17,19)(H,18,20). The molecular formula is C16H32N2O2. The maximum absolute atomic E-state index is 11.5. The van der Waals surface area contributed by atoms with E-state index in [0.717, 1.165) is 19.4 Å². The van der Waals surface area contributed by atoms with Crippen LogP contribution >= 0.6 is 0 Å². The van der Waals surface area contributed by atoms with Crippen LogP contribution in [0.4, 0.5) is 0 Å². The Balaban J connectivity index is 3.41. The Morgan fingerprint density at radius 2 is 1.40 bits per heavy atom. The van der Waals surface area contributed by atoms with E-state index in [2.05, 4.69) is 31.4 Å². The molecule has 0 aromatic carbocycles. The monoisotopic (exact) mass is 284 g/mol. The molecule has 118 valence electrons. The van der Waals surface area contributed by atoms with Crippen molar-refractivity contribution in [1.29, 1.82) is 0 Å². The van der Waals surface area contributed by atoms with Crippen LogP contribution < -0.4 is 10.6 Å². The van der Waals surface area contributed by atoms with Crippen LogP contribution in [-0.4, -0.2) is 24.9 Å². The molecule has 0 rings (SSSR count). The fourth-order valence-electron chi connectivity index (χ4n) is 1.86. The number of rotatable bonds is 12. The third-order valence-corrected chi connectivity index (χ3v) is 3.23. The van der Waals surface area contributed by atoms with Gasteiger partial charge < -0.3 is 10.6 Å². The van der Waals surface area contributed by atoms with Crippen LogP contribution in [0.3, 0.4) is 0 Å². The van der Waals surface area contributed by atoms with E-state index in [1.807, 2.05) is 0 Å². The van der Waals surface area contributed by atoms with Gasteiger partial charge in [-0.05, 0) is 18.8 Å². The lowest BCUT2D eigenvalue weighted by Crippen LogP contribution is -2.29. The molecule has 0 radical (unpaired) electrons. The van der Waals surface area contributed by atoms with Gasteiger partial charge in [0.25, 0.3) is 0 Å². The van der Waals surface area contributed by atoms with Gasteiger partial charge in [-0.3, -0.25) is 9.59 Å². The van der Waals surface area contributed by atoms with Gasteiger partial charge in [0, 0.05) is 25.9 Å². The van der Waals surface area contributed by atoms with Crippen molar-refractivity contribution >= 4 is 11.8 Å². The number of carbonyl (C=O) groups excluding carboxylic acids is 2. The SMILES string of the molecule is CCCCCCCNC(=O)CCC(=O)NCCC(C)C. The molecule has 0 saturated heterocycles. The predicted octanol–water partition coefficient (Wildman–Crippen LogP) is 3.02. The molecule has 0 aliphatic heterocycles. The fraction of sp³-hybridized carbons (Fsp3) is 0.875. The molecule has 20 heavy (non-hydrogen) atoms. The summed E-state index contributed by atoms with van der Waals surface area (Å²) in [4.78, 5) is 23.0. The van der Waals surface area contributed by atoms with Gasteiger partial charge >= 0.3 is 0 Å². The molecule has 0 aromatic heterocycles. The normalized spacial score (nSPS) is 10.6. The molecule has 0 heterocycles. The highest BCUT2D eigenvalue weighted by atomic mass is 16.2. The van der Waals surface area contributed by atoms with Crippen molar-refractivity contribution in [3.8, 4) is 0 Å². The summed E-state index contributed by atoms with van der Waals surface area (Å²) >= 11 is 0. The Labute approximate surface area is 124 Å². The summed E-state index contributed by atoms with van der Waals surface area (Å²) < 4.78 is 0. The molecule has 2 amide bonds. The van der Waals surface area contributed by atoms with Gasteiger partial charge in [-0.1, -0.05) is 46.5 Å². The number of hydrogen-bond acceptors (Lipinski definition) is 2. The van der Waals surface area contributed by atoms with E-state index in [-0.39, 0.29) is 11.8 Å². The maximum atomic E-state index is 11.5. The third kappa shape index (κ3) is 13.4. The summed E-state index contributed by atoms with van der Waals surface area (Å²) in [6.07, 6.45) is 7.52. The van der Waals surface area contributed by atoms with Crippen molar-refractivity contribution in [2.45, 2.75) is 72.1 Å². The highest BCUT2D eigenvalue weighted by Crippen LogP contribution is 2.01. The van der Waals surface area contributed by atoms with Crippen molar-refractivity contribution in [2.24, 2.45) is 5.92 Å². The molecule has 0 atom stereocenters. The predicted molar refractivity (Wildman–Crippen MR) is 83.5 cm³/mol. The zero-order valence-electron chi connectivity index (χ0n) is 13.5. The van der Waals surface area contributed by atoms with Gasteiger partial charge in [-0.2, -0.15) is 0 Å². The summed E-state index contributed by atoms with van der Waals surface area (Å²) in [5.41, 5.74) is 0. The molecule has 4 heteroatoms. The summed E-state index contributed by atoms with van der Waals surface area (Å²) in [6, 6.07) is 0. The van der Waals surface area contributed by atoms with Crippen molar-refractivity contribution in [1.82, 2.24) is 10.6 Å². The highest BCUT2D eigenvalue weighted by Gasteiger charge is 2.06. The minimum absolute atomic E-state index is 0.0144. The summed E-state index contributed by atoms with van der Waals surface area (Å²) in [5, 5.41) is 5.71.